The first-order valence-electron chi connectivity index (χ1n) is 7.04. The van der Waals surface area contributed by atoms with Crippen molar-refractivity contribution in [3.05, 3.63) is 17.7 Å². The summed E-state index contributed by atoms with van der Waals surface area (Å²) < 4.78 is 6.06. The lowest BCUT2D eigenvalue weighted by Crippen LogP contribution is -2.57. The van der Waals surface area contributed by atoms with Gasteiger partial charge in [-0.3, -0.25) is 0 Å². The lowest BCUT2D eigenvalue weighted by atomic mass is 9.98. The van der Waals surface area contributed by atoms with Crippen molar-refractivity contribution < 1.29 is 4.42 Å². The van der Waals surface area contributed by atoms with E-state index < -0.39 is 0 Å². The van der Waals surface area contributed by atoms with Crippen LogP contribution in [0, 0.1) is 0 Å². The third-order valence-electron chi connectivity index (χ3n) is 4.30. The minimum atomic E-state index is 0.564. The SMILES string of the molecule is CNC1CN(c2ncnc3c4c(oc23)CCCC4)C1. The summed E-state index contributed by atoms with van der Waals surface area (Å²) in [7, 11) is 2.00. The molecule has 5 nitrogen and oxygen atoms in total. The number of nitrogens with zero attached hydrogens (tertiary/aromatic N) is 3. The van der Waals surface area contributed by atoms with Crippen molar-refractivity contribution in [2.45, 2.75) is 31.7 Å². The Morgan fingerprint density at radius 2 is 2.11 bits per heavy atom. The van der Waals surface area contributed by atoms with E-state index in [0.29, 0.717) is 6.04 Å². The highest BCUT2D eigenvalue weighted by molar-refractivity contribution is 5.87. The number of hydrogen-bond donors (Lipinski definition) is 1. The molecule has 1 N–H and O–H groups in total. The molecule has 3 heterocycles. The number of hydrogen-bond acceptors (Lipinski definition) is 5. The van der Waals surface area contributed by atoms with Crippen molar-refractivity contribution >= 4 is 16.9 Å². The average Bonchev–Trinajstić information content (AvgIpc) is 2.77. The van der Waals surface area contributed by atoms with E-state index in [1.165, 1.54) is 18.4 Å². The van der Waals surface area contributed by atoms with Crippen LogP contribution in [0.4, 0.5) is 5.82 Å². The summed E-state index contributed by atoms with van der Waals surface area (Å²) in [6.45, 7) is 1.99. The summed E-state index contributed by atoms with van der Waals surface area (Å²) in [6.07, 6.45) is 6.28. The topological polar surface area (TPSA) is 54.2 Å². The second kappa shape index (κ2) is 4.20. The van der Waals surface area contributed by atoms with Gasteiger partial charge in [0, 0.05) is 31.1 Å². The van der Waals surface area contributed by atoms with Crippen LogP contribution in [-0.4, -0.2) is 36.1 Å². The molecule has 0 unspecified atom stereocenters. The zero-order valence-corrected chi connectivity index (χ0v) is 11.1. The quantitative estimate of drug-likeness (QED) is 0.885. The van der Waals surface area contributed by atoms with Crippen LogP contribution < -0.4 is 10.2 Å². The summed E-state index contributed by atoms with van der Waals surface area (Å²) in [6, 6.07) is 0.564. The van der Waals surface area contributed by atoms with Crippen LogP contribution >= 0.6 is 0 Å². The van der Waals surface area contributed by atoms with Gasteiger partial charge in [0.1, 0.15) is 17.6 Å². The molecule has 19 heavy (non-hydrogen) atoms. The number of rotatable bonds is 2. The van der Waals surface area contributed by atoms with E-state index in [4.69, 9.17) is 4.42 Å². The first kappa shape index (κ1) is 11.2. The van der Waals surface area contributed by atoms with Gasteiger partial charge >= 0.3 is 0 Å². The molecule has 0 saturated carbocycles. The highest BCUT2D eigenvalue weighted by Crippen LogP contribution is 2.35. The number of likely N-dealkylation sites (N-methyl/N-ethyl adjacent to an activating group) is 1. The molecule has 2 aromatic rings. The fourth-order valence-corrected chi connectivity index (χ4v) is 3.10. The van der Waals surface area contributed by atoms with Crippen molar-refractivity contribution in [1.29, 1.82) is 0 Å². The second-order valence-corrected chi connectivity index (χ2v) is 5.48. The fraction of sp³-hybridized carbons (Fsp3) is 0.571. The smallest absolute Gasteiger partial charge is 0.195 e. The molecular formula is C14H18N4O. The molecule has 1 saturated heterocycles. The van der Waals surface area contributed by atoms with Crippen LogP contribution in [0.1, 0.15) is 24.2 Å². The Hall–Kier alpha value is -1.62. The molecule has 0 atom stereocenters. The zero-order chi connectivity index (χ0) is 12.8. The van der Waals surface area contributed by atoms with Gasteiger partial charge in [0.25, 0.3) is 0 Å². The minimum Gasteiger partial charge on any atom is -0.455 e. The molecule has 2 aromatic heterocycles. The average molecular weight is 258 g/mol. The first-order chi connectivity index (χ1) is 9.36. The highest BCUT2D eigenvalue weighted by Gasteiger charge is 2.30. The van der Waals surface area contributed by atoms with Gasteiger partial charge in [0.2, 0.25) is 0 Å². The van der Waals surface area contributed by atoms with Crippen LogP contribution in [0.2, 0.25) is 0 Å². The van der Waals surface area contributed by atoms with E-state index in [-0.39, 0.29) is 0 Å². The summed E-state index contributed by atoms with van der Waals surface area (Å²) in [5.74, 6) is 2.10. The number of aromatic nitrogens is 2. The number of fused-ring (bicyclic) bond motifs is 3. The van der Waals surface area contributed by atoms with Crippen molar-refractivity contribution in [3.8, 4) is 0 Å². The first-order valence-corrected chi connectivity index (χ1v) is 7.04. The molecule has 5 heteroatoms. The summed E-state index contributed by atoms with van der Waals surface area (Å²) >= 11 is 0. The summed E-state index contributed by atoms with van der Waals surface area (Å²) in [5.41, 5.74) is 3.24. The van der Waals surface area contributed by atoms with Gasteiger partial charge in [-0.1, -0.05) is 0 Å². The van der Waals surface area contributed by atoms with Crippen LogP contribution in [-0.2, 0) is 12.8 Å². The monoisotopic (exact) mass is 258 g/mol. The standard InChI is InChI=1S/C14H18N4O/c1-15-9-6-18(7-9)14-13-12(16-8-17-14)10-4-2-3-5-11(10)19-13/h8-9,15H,2-7H2,1H3. The van der Waals surface area contributed by atoms with Gasteiger partial charge in [-0.05, 0) is 26.3 Å². The van der Waals surface area contributed by atoms with E-state index in [2.05, 4.69) is 20.2 Å². The second-order valence-electron chi connectivity index (χ2n) is 5.48. The number of anilines is 1. The predicted molar refractivity (Wildman–Crippen MR) is 73.5 cm³/mol. The van der Waals surface area contributed by atoms with Crippen LogP contribution in [0.3, 0.4) is 0 Å². The number of aryl methyl sites for hydroxylation is 2. The Balaban J connectivity index is 1.77. The third kappa shape index (κ3) is 1.64. The van der Waals surface area contributed by atoms with Gasteiger partial charge in [-0.2, -0.15) is 0 Å². The van der Waals surface area contributed by atoms with E-state index in [1.54, 1.807) is 6.33 Å². The Labute approximate surface area is 112 Å². The molecular weight excluding hydrogens is 240 g/mol. The fourth-order valence-electron chi connectivity index (χ4n) is 3.10. The molecule has 0 spiro atoms. The summed E-state index contributed by atoms with van der Waals surface area (Å²) in [5, 5.41) is 3.28. The maximum absolute atomic E-state index is 6.06. The van der Waals surface area contributed by atoms with Crippen LogP contribution in [0.5, 0.6) is 0 Å². The Bertz CT molecular complexity index is 615. The van der Waals surface area contributed by atoms with Crippen LogP contribution in [0.25, 0.3) is 11.1 Å². The lowest BCUT2D eigenvalue weighted by molar-refractivity contribution is 0.443. The normalized spacial score (nSPS) is 19.5. The molecule has 1 aliphatic heterocycles. The van der Waals surface area contributed by atoms with Gasteiger partial charge in [-0.15, -0.1) is 0 Å². The maximum atomic E-state index is 6.06. The zero-order valence-electron chi connectivity index (χ0n) is 11.1. The number of furan rings is 1. The lowest BCUT2D eigenvalue weighted by Gasteiger charge is -2.39. The van der Waals surface area contributed by atoms with Gasteiger partial charge in [0.15, 0.2) is 11.4 Å². The molecule has 1 fully saturated rings. The highest BCUT2D eigenvalue weighted by atomic mass is 16.3. The Kier molecular flexibility index (Phi) is 2.48. The molecule has 4 rings (SSSR count). The van der Waals surface area contributed by atoms with Crippen molar-refractivity contribution in [1.82, 2.24) is 15.3 Å². The van der Waals surface area contributed by atoms with Gasteiger partial charge in [-0.25, -0.2) is 9.97 Å². The minimum absolute atomic E-state index is 0.564. The number of nitrogens with one attached hydrogen (secondary N) is 1. The molecule has 0 radical (unpaired) electrons. The maximum Gasteiger partial charge on any atom is 0.195 e. The van der Waals surface area contributed by atoms with Gasteiger partial charge in [0.05, 0.1) is 0 Å². The molecule has 100 valence electrons. The molecule has 0 amide bonds. The molecule has 2 aliphatic rings. The Morgan fingerprint density at radius 1 is 1.26 bits per heavy atom. The molecule has 1 aliphatic carbocycles. The third-order valence-corrected chi connectivity index (χ3v) is 4.30. The largest absolute Gasteiger partial charge is 0.455 e. The van der Waals surface area contributed by atoms with Crippen LogP contribution in [0.15, 0.2) is 10.7 Å². The van der Waals surface area contributed by atoms with Gasteiger partial charge < -0.3 is 14.6 Å². The van der Waals surface area contributed by atoms with Crippen molar-refractivity contribution in [2.75, 3.05) is 25.0 Å². The summed E-state index contributed by atoms with van der Waals surface area (Å²) in [4.78, 5) is 11.1. The van der Waals surface area contributed by atoms with E-state index in [9.17, 15) is 0 Å². The Morgan fingerprint density at radius 3 is 2.95 bits per heavy atom. The van der Waals surface area contributed by atoms with E-state index >= 15 is 0 Å². The van der Waals surface area contributed by atoms with Crippen molar-refractivity contribution in [2.24, 2.45) is 0 Å². The molecule has 0 aromatic carbocycles. The van der Waals surface area contributed by atoms with Crippen molar-refractivity contribution in [3.63, 3.8) is 0 Å². The predicted octanol–water partition coefficient (Wildman–Crippen LogP) is 1.51. The van der Waals surface area contributed by atoms with E-state index in [0.717, 1.165) is 48.6 Å². The molecule has 0 bridgehead atoms. The van der Waals surface area contributed by atoms with E-state index in [1.807, 2.05) is 7.05 Å².